The molecule has 0 saturated heterocycles. The van der Waals surface area contributed by atoms with Crippen molar-refractivity contribution in [2.45, 2.75) is 46.8 Å². The number of hydrogen-bond acceptors (Lipinski definition) is 2. The summed E-state index contributed by atoms with van der Waals surface area (Å²) < 4.78 is 0. The van der Waals surface area contributed by atoms with Crippen molar-refractivity contribution in [3.05, 3.63) is 34.9 Å². The summed E-state index contributed by atoms with van der Waals surface area (Å²) >= 11 is 0. The van der Waals surface area contributed by atoms with Crippen LogP contribution in [-0.4, -0.2) is 5.60 Å². The standard InChI is InChI=1S/C13H21NO/c1-10-6-7-12(11(2)8-10)9-14-15-13(3,4)5/h6-8,14H,9H2,1-5H3. The van der Waals surface area contributed by atoms with E-state index in [4.69, 9.17) is 4.84 Å². The van der Waals surface area contributed by atoms with E-state index in [0.29, 0.717) is 0 Å². The van der Waals surface area contributed by atoms with Crippen LogP contribution in [0.2, 0.25) is 0 Å². The van der Waals surface area contributed by atoms with Gasteiger partial charge in [-0.25, -0.2) is 0 Å². The molecule has 84 valence electrons. The molecule has 1 rings (SSSR count). The number of hydroxylamine groups is 1. The van der Waals surface area contributed by atoms with E-state index in [0.717, 1.165) is 6.54 Å². The normalized spacial score (nSPS) is 11.8. The fraction of sp³-hybridized carbons (Fsp3) is 0.538. The molecule has 2 nitrogen and oxygen atoms in total. The number of benzene rings is 1. The molecule has 2 heteroatoms. The Balaban J connectivity index is 2.51. The van der Waals surface area contributed by atoms with E-state index >= 15 is 0 Å². The molecule has 0 aromatic heterocycles. The molecule has 0 spiro atoms. The molecule has 0 fully saturated rings. The number of rotatable bonds is 3. The highest BCUT2D eigenvalue weighted by Crippen LogP contribution is 2.11. The third-order valence-electron chi connectivity index (χ3n) is 2.14. The van der Waals surface area contributed by atoms with Crippen LogP contribution in [0.25, 0.3) is 0 Å². The molecule has 0 amide bonds. The maximum atomic E-state index is 5.47. The van der Waals surface area contributed by atoms with Crippen LogP contribution < -0.4 is 5.48 Å². The molecule has 0 unspecified atom stereocenters. The Labute approximate surface area is 92.6 Å². The van der Waals surface area contributed by atoms with Gasteiger partial charge < -0.3 is 0 Å². The van der Waals surface area contributed by atoms with Gasteiger partial charge in [0.05, 0.1) is 5.60 Å². The first kappa shape index (κ1) is 12.2. The quantitative estimate of drug-likeness (QED) is 0.769. The first-order valence-electron chi connectivity index (χ1n) is 5.35. The van der Waals surface area contributed by atoms with Crippen LogP contribution in [0.4, 0.5) is 0 Å². The van der Waals surface area contributed by atoms with E-state index in [9.17, 15) is 0 Å². The lowest BCUT2D eigenvalue weighted by molar-refractivity contribution is -0.0758. The minimum atomic E-state index is -0.140. The second-order valence-corrected chi connectivity index (χ2v) is 4.97. The molecule has 0 aliphatic rings. The summed E-state index contributed by atoms with van der Waals surface area (Å²) in [6.45, 7) is 11.1. The van der Waals surface area contributed by atoms with Crippen LogP contribution in [0.15, 0.2) is 18.2 Å². The van der Waals surface area contributed by atoms with Crippen molar-refractivity contribution >= 4 is 0 Å². The van der Waals surface area contributed by atoms with Crippen LogP contribution in [0.1, 0.15) is 37.5 Å². The van der Waals surface area contributed by atoms with Crippen molar-refractivity contribution in [3.8, 4) is 0 Å². The van der Waals surface area contributed by atoms with Gasteiger partial charge in [-0.3, -0.25) is 4.84 Å². The first-order chi connectivity index (χ1) is 6.88. The maximum Gasteiger partial charge on any atom is 0.0813 e. The van der Waals surface area contributed by atoms with Crippen molar-refractivity contribution in [2.75, 3.05) is 0 Å². The average Bonchev–Trinajstić information content (AvgIpc) is 2.07. The van der Waals surface area contributed by atoms with Gasteiger partial charge in [0.15, 0.2) is 0 Å². The van der Waals surface area contributed by atoms with Crippen LogP contribution in [-0.2, 0) is 11.4 Å². The smallest absolute Gasteiger partial charge is 0.0813 e. The predicted octanol–water partition coefficient (Wildman–Crippen LogP) is 3.12. The lowest BCUT2D eigenvalue weighted by Gasteiger charge is -2.19. The SMILES string of the molecule is Cc1ccc(CNOC(C)(C)C)c(C)c1. The molecule has 1 N–H and O–H groups in total. The van der Waals surface area contributed by atoms with Crippen LogP contribution >= 0.6 is 0 Å². The largest absolute Gasteiger partial charge is 0.296 e. The van der Waals surface area contributed by atoms with Gasteiger partial charge in [-0.05, 0) is 45.7 Å². The maximum absolute atomic E-state index is 5.47. The fourth-order valence-corrected chi connectivity index (χ4v) is 1.37. The lowest BCUT2D eigenvalue weighted by atomic mass is 10.1. The van der Waals surface area contributed by atoms with Crippen molar-refractivity contribution in [1.29, 1.82) is 0 Å². The van der Waals surface area contributed by atoms with Gasteiger partial charge >= 0.3 is 0 Å². The molecule has 0 aliphatic heterocycles. The zero-order chi connectivity index (χ0) is 11.5. The first-order valence-corrected chi connectivity index (χ1v) is 5.35. The molecule has 0 atom stereocenters. The molecule has 0 bridgehead atoms. The Kier molecular flexibility index (Phi) is 3.89. The Morgan fingerprint density at radius 3 is 2.40 bits per heavy atom. The van der Waals surface area contributed by atoms with Gasteiger partial charge in [0.25, 0.3) is 0 Å². The van der Waals surface area contributed by atoms with Crippen molar-refractivity contribution < 1.29 is 4.84 Å². The summed E-state index contributed by atoms with van der Waals surface area (Å²) in [6.07, 6.45) is 0. The van der Waals surface area contributed by atoms with E-state index in [2.05, 4.69) is 37.5 Å². The zero-order valence-electron chi connectivity index (χ0n) is 10.3. The van der Waals surface area contributed by atoms with E-state index in [1.807, 2.05) is 20.8 Å². The molecule has 0 radical (unpaired) electrons. The van der Waals surface area contributed by atoms with Gasteiger partial charge in [0.2, 0.25) is 0 Å². The predicted molar refractivity (Wildman–Crippen MR) is 63.6 cm³/mol. The van der Waals surface area contributed by atoms with E-state index in [-0.39, 0.29) is 5.60 Å². The number of nitrogens with one attached hydrogen (secondary N) is 1. The van der Waals surface area contributed by atoms with Crippen LogP contribution in [0.5, 0.6) is 0 Å². The molecule has 15 heavy (non-hydrogen) atoms. The van der Waals surface area contributed by atoms with E-state index in [1.54, 1.807) is 0 Å². The summed E-state index contributed by atoms with van der Waals surface area (Å²) in [5.41, 5.74) is 6.75. The van der Waals surface area contributed by atoms with E-state index < -0.39 is 0 Å². The van der Waals surface area contributed by atoms with Gasteiger partial charge in [-0.1, -0.05) is 23.8 Å². The molecule has 1 aromatic carbocycles. The fourth-order valence-electron chi connectivity index (χ4n) is 1.37. The van der Waals surface area contributed by atoms with Crippen molar-refractivity contribution in [2.24, 2.45) is 0 Å². The molecule has 0 heterocycles. The highest BCUT2D eigenvalue weighted by Gasteiger charge is 2.09. The highest BCUT2D eigenvalue weighted by molar-refractivity contribution is 5.30. The Hall–Kier alpha value is -0.860. The van der Waals surface area contributed by atoms with Gasteiger partial charge in [-0.2, -0.15) is 5.48 Å². The monoisotopic (exact) mass is 207 g/mol. The van der Waals surface area contributed by atoms with E-state index in [1.165, 1.54) is 16.7 Å². The molecular formula is C13H21NO. The lowest BCUT2D eigenvalue weighted by Crippen LogP contribution is -2.28. The minimum Gasteiger partial charge on any atom is -0.296 e. The summed E-state index contributed by atoms with van der Waals surface area (Å²) in [5.74, 6) is 0. The van der Waals surface area contributed by atoms with Crippen molar-refractivity contribution in [1.82, 2.24) is 5.48 Å². The zero-order valence-corrected chi connectivity index (χ0v) is 10.3. The highest BCUT2D eigenvalue weighted by atomic mass is 16.7. The van der Waals surface area contributed by atoms with Gasteiger partial charge in [0.1, 0.15) is 0 Å². The Morgan fingerprint density at radius 2 is 1.87 bits per heavy atom. The molecular weight excluding hydrogens is 186 g/mol. The summed E-state index contributed by atoms with van der Waals surface area (Å²) in [6, 6.07) is 6.46. The number of hydrogen-bond donors (Lipinski definition) is 1. The van der Waals surface area contributed by atoms with Gasteiger partial charge in [-0.15, -0.1) is 0 Å². The summed E-state index contributed by atoms with van der Waals surface area (Å²) in [4.78, 5) is 5.47. The third-order valence-corrected chi connectivity index (χ3v) is 2.14. The minimum absolute atomic E-state index is 0.140. The molecule has 0 aliphatic carbocycles. The van der Waals surface area contributed by atoms with Crippen LogP contribution in [0, 0.1) is 13.8 Å². The third kappa shape index (κ3) is 4.45. The topological polar surface area (TPSA) is 21.3 Å². The number of aryl methyl sites for hydroxylation is 2. The Bertz CT molecular complexity index is 326. The molecule has 0 saturated carbocycles. The average molecular weight is 207 g/mol. The van der Waals surface area contributed by atoms with Gasteiger partial charge in [0, 0.05) is 6.54 Å². The summed E-state index contributed by atoms with van der Waals surface area (Å²) in [7, 11) is 0. The Morgan fingerprint density at radius 1 is 1.20 bits per heavy atom. The summed E-state index contributed by atoms with van der Waals surface area (Å²) in [5, 5.41) is 0. The van der Waals surface area contributed by atoms with Crippen molar-refractivity contribution in [3.63, 3.8) is 0 Å². The van der Waals surface area contributed by atoms with Crippen LogP contribution in [0.3, 0.4) is 0 Å². The second-order valence-electron chi connectivity index (χ2n) is 4.97. The second kappa shape index (κ2) is 4.77. The molecule has 1 aromatic rings.